The number of phosphoric acid groups is 1. The summed E-state index contributed by atoms with van der Waals surface area (Å²) in [5, 5.41) is 0. The first kappa shape index (κ1) is 36.0. The van der Waals surface area contributed by atoms with E-state index in [1.165, 1.54) is 96.3 Å². The van der Waals surface area contributed by atoms with Gasteiger partial charge in [-0.05, 0) is 6.42 Å². The molecule has 2 atom stereocenters. The van der Waals surface area contributed by atoms with Crippen molar-refractivity contribution in [2.24, 2.45) is 5.92 Å². The molecule has 0 aliphatic carbocycles. The number of unbranched alkanes of at least 4 members (excludes halogenated alkanes) is 15. The van der Waals surface area contributed by atoms with Gasteiger partial charge in [0.15, 0.2) is 0 Å². The Bertz CT molecular complexity index is 515. The summed E-state index contributed by atoms with van der Waals surface area (Å²) in [6.45, 7) is 4.71. The summed E-state index contributed by atoms with van der Waals surface area (Å²) in [5.74, 6) is -0.0986. The molecule has 0 aliphatic rings. The lowest BCUT2D eigenvalue weighted by molar-refractivity contribution is -0.870. The van der Waals surface area contributed by atoms with Gasteiger partial charge in [0, 0.05) is 19.6 Å². The fraction of sp³-hybridized carbons (Fsp3) is 1.00. The second kappa shape index (κ2) is 24.1. The lowest BCUT2D eigenvalue weighted by atomic mass is 10.0. The first-order chi connectivity index (χ1) is 17.2. The van der Waals surface area contributed by atoms with E-state index in [2.05, 4.69) is 6.92 Å². The highest BCUT2D eigenvalue weighted by Gasteiger charge is 2.24. The smallest absolute Gasteiger partial charge is 0.384 e. The molecule has 7 nitrogen and oxygen atoms in total. The number of hydrogen-bond donors (Lipinski definition) is 1. The molecule has 0 rings (SSSR count). The second-order valence-corrected chi connectivity index (χ2v) is 12.8. The Kier molecular flexibility index (Phi) is 24.1. The summed E-state index contributed by atoms with van der Waals surface area (Å²) >= 11 is 0. The topological polar surface area (TPSA) is 74.2 Å². The Labute approximate surface area is 223 Å². The molecule has 0 fully saturated rings. The zero-order chi connectivity index (χ0) is 27.0. The quantitative estimate of drug-likeness (QED) is 0.0637. The third-order valence-electron chi connectivity index (χ3n) is 6.39. The van der Waals surface area contributed by atoms with Crippen molar-refractivity contribution in [2.45, 2.75) is 110 Å². The van der Waals surface area contributed by atoms with E-state index in [0.717, 1.165) is 6.42 Å². The van der Waals surface area contributed by atoms with Crippen LogP contribution in [0.3, 0.4) is 0 Å². The molecule has 2 unspecified atom stereocenters. The van der Waals surface area contributed by atoms with Crippen molar-refractivity contribution in [3.05, 3.63) is 0 Å². The van der Waals surface area contributed by atoms with E-state index < -0.39 is 7.82 Å². The largest absolute Gasteiger partial charge is 0.472 e. The maximum absolute atomic E-state index is 12.1. The molecule has 0 heterocycles. The second-order valence-electron chi connectivity index (χ2n) is 11.3. The molecule has 0 spiro atoms. The van der Waals surface area contributed by atoms with E-state index in [9.17, 15) is 9.46 Å². The minimum absolute atomic E-state index is 0.0744. The first-order valence-corrected chi connectivity index (χ1v) is 16.2. The Morgan fingerprint density at radius 1 is 0.667 bits per heavy atom. The normalized spacial score (nSPS) is 14.7. The number of likely N-dealkylation sites (N-methyl/N-ethyl adjacent to an activating group) is 1. The minimum Gasteiger partial charge on any atom is -0.384 e. The molecule has 0 aromatic rings. The number of rotatable bonds is 28. The molecule has 8 heteroatoms. The summed E-state index contributed by atoms with van der Waals surface area (Å²) < 4.78 is 34.0. The van der Waals surface area contributed by atoms with E-state index in [1.807, 2.05) is 21.1 Å². The van der Waals surface area contributed by atoms with Crippen LogP contribution in [0.2, 0.25) is 0 Å². The van der Waals surface area contributed by atoms with Crippen LogP contribution < -0.4 is 0 Å². The van der Waals surface area contributed by atoms with E-state index in [-0.39, 0.29) is 19.1 Å². The molecule has 0 aliphatic heterocycles. The van der Waals surface area contributed by atoms with Crippen molar-refractivity contribution < 1.29 is 32.5 Å². The van der Waals surface area contributed by atoms with Crippen LogP contribution in [0.5, 0.6) is 0 Å². The van der Waals surface area contributed by atoms with Gasteiger partial charge in [-0.2, -0.15) is 0 Å². The van der Waals surface area contributed by atoms with Gasteiger partial charge in [-0.3, -0.25) is 9.05 Å². The van der Waals surface area contributed by atoms with E-state index in [4.69, 9.17) is 18.5 Å². The number of hydrogen-bond acceptors (Lipinski definition) is 5. The van der Waals surface area contributed by atoms with Crippen molar-refractivity contribution in [3.8, 4) is 0 Å². The van der Waals surface area contributed by atoms with E-state index in [1.54, 1.807) is 7.11 Å². The van der Waals surface area contributed by atoms with Crippen LogP contribution in [-0.2, 0) is 23.1 Å². The molecule has 0 bridgehead atoms. The molecule has 0 saturated heterocycles. The van der Waals surface area contributed by atoms with Crippen molar-refractivity contribution in [3.63, 3.8) is 0 Å². The standard InChI is InChI=1S/C28H60NO6P/c1-6-7-8-9-10-11-12-13-14-15-16-17-18-19-20-21-23-33-26-28(25-32-5)27-35-36(30,31)34-24-22-29(2,3)4/h28H,6-27H2,1-5H3/p+1. The molecule has 36 heavy (non-hydrogen) atoms. The Hall–Kier alpha value is -0.0100. The van der Waals surface area contributed by atoms with Crippen LogP contribution >= 0.6 is 7.82 Å². The lowest BCUT2D eigenvalue weighted by Crippen LogP contribution is -2.37. The minimum atomic E-state index is -4.06. The van der Waals surface area contributed by atoms with Gasteiger partial charge < -0.3 is 18.9 Å². The van der Waals surface area contributed by atoms with Gasteiger partial charge in [-0.25, -0.2) is 4.57 Å². The van der Waals surface area contributed by atoms with Gasteiger partial charge >= 0.3 is 7.82 Å². The van der Waals surface area contributed by atoms with Gasteiger partial charge in [-0.15, -0.1) is 0 Å². The lowest BCUT2D eigenvalue weighted by Gasteiger charge is -2.24. The van der Waals surface area contributed by atoms with Gasteiger partial charge in [0.1, 0.15) is 13.2 Å². The maximum Gasteiger partial charge on any atom is 0.472 e. The third-order valence-corrected chi connectivity index (χ3v) is 7.37. The molecular weight excluding hydrogens is 477 g/mol. The molecule has 1 N–H and O–H groups in total. The molecule has 0 amide bonds. The average molecular weight is 539 g/mol. The molecule has 218 valence electrons. The van der Waals surface area contributed by atoms with Crippen LogP contribution in [0.25, 0.3) is 0 Å². The average Bonchev–Trinajstić information content (AvgIpc) is 2.80. The maximum atomic E-state index is 12.1. The SMILES string of the molecule is CCCCCCCCCCCCCCCCCCOCC(COC)COP(=O)(O)OCC[N+](C)(C)C. The van der Waals surface area contributed by atoms with Gasteiger partial charge in [0.25, 0.3) is 0 Å². The Balaban J connectivity index is 3.59. The number of nitrogens with zero attached hydrogens (tertiary/aromatic N) is 1. The van der Waals surface area contributed by atoms with Crippen LogP contribution in [-0.4, -0.2) is 77.2 Å². The molecule has 0 aromatic carbocycles. The third kappa shape index (κ3) is 27.0. The van der Waals surface area contributed by atoms with Crippen molar-refractivity contribution in [2.75, 3.05) is 67.8 Å². The van der Waals surface area contributed by atoms with E-state index in [0.29, 0.717) is 30.8 Å². The fourth-order valence-electron chi connectivity index (χ4n) is 4.05. The molecular formula is C28H61NO6P+. The summed E-state index contributed by atoms with van der Waals surface area (Å²) in [4.78, 5) is 9.88. The highest BCUT2D eigenvalue weighted by molar-refractivity contribution is 7.47. The van der Waals surface area contributed by atoms with Crippen LogP contribution in [0, 0.1) is 5.92 Å². The summed E-state index contributed by atoms with van der Waals surface area (Å²) in [5.41, 5.74) is 0. The number of ether oxygens (including phenoxy) is 2. The zero-order valence-corrected chi connectivity index (χ0v) is 25.4. The number of methoxy groups -OCH3 is 1. The number of quaternary nitrogens is 1. The summed E-state index contributed by atoms with van der Waals surface area (Å²) in [6.07, 6.45) is 21.6. The fourth-order valence-corrected chi connectivity index (χ4v) is 4.84. The van der Waals surface area contributed by atoms with Crippen molar-refractivity contribution in [1.29, 1.82) is 0 Å². The molecule has 0 aromatic heterocycles. The Morgan fingerprint density at radius 2 is 1.14 bits per heavy atom. The van der Waals surface area contributed by atoms with Crippen LogP contribution in [0.15, 0.2) is 0 Å². The van der Waals surface area contributed by atoms with Gasteiger partial charge in [-0.1, -0.05) is 103 Å². The zero-order valence-electron chi connectivity index (χ0n) is 24.5. The highest BCUT2D eigenvalue weighted by atomic mass is 31.2. The summed E-state index contributed by atoms with van der Waals surface area (Å²) in [6, 6.07) is 0. The van der Waals surface area contributed by atoms with Crippen molar-refractivity contribution in [1.82, 2.24) is 0 Å². The predicted octanol–water partition coefficient (Wildman–Crippen LogP) is 7.37. The van der Waals surface area contributed by atoms with E-state index >= 15 is 0 Å². The van der Waals surface area contributed by atoms with Crippen molar-refractivity contribution >= 4 is 7.82 Å². The Morgan fingerprint density at radius 3 is 1.58 bits per heavy atom. The first-order valence-electron chi connectivity index (χ1n) is 14.7. The predicted molar refractivity (Wildman–Crippen MR) is 150 cm³/mol. The molecule has 0 saturated carbocycles. The highest BCUT2D eigenvalue weighted by Crippen LogP contribution is 2.43. The van der Waals surface area contributed by atoms with Crippen LogP contribution in [0.4, 0.5) is 0 Å². The number of phosphoric ester groups is 1. The van der Waals surface area contributed by atoms with Gasteiger partial charge in [0.2, 0.25) is 0 Å². The van der Waals surface area contributed by atoms with Gasteiger partial charge in [0.05, 0.1) is 41.0 Å². The molecule has 0 radical (unpaired) electrons. The summed E-state index contributed by atoms with van der Waals surface area (Å²) in [7, 11) is 3.55. The monoisotopic (exact) mass is 538 g/mol. The van der Waals surface area contributed by atoms with Crippen LogP contribution in [0.1, 0.15) is 110 Å².